The Morgan fingerprint density at radius 2 is 0.532 bits per heavy atom. The van der Waals surface area contributed by atoms with Gasteiger partial charge in [0.1, 0.15) is 16.8 Å². The molecule has 0 spiro atoms. The van der Waals surface area contributed by atoms with Crippen molar-refractivity contribution in [2.75, 3.05) is 21.1 Å². The number of rotatable bonds is 33. The van der Waals surface area contributed by atoms with Crippen LogP contribution in [-0.2, 0) is 151 Å². The molecule has 0 bridgehead atoms. The third-order valence-corrected chi connectivity index (χ3v) is 51.2. The second-order valence-corrected chi connectivity index (χ2v) is 101. The van der Waals surface area contributed by atoms with Crippen LogP contribution in [0.5, 0.6) is 0 Å². The molecule has 15 N–H and O–H groups in total. The van der Waals surface area contributed by atoms with Crippen LogP contribution in [-0.4, -0.2) is 254 Å². The van der Waals surface area contributed by atoms with Crippen molar-refractivity contribution in [2.24, 2.45) is 32.7 Å². The van der Waals surface area contributed by atoms with Gasteiger partial charge >= 0.3 is 0 Å². The maximum absolute atomic E-state index is 10.9. The molecule has 9 radical (unpaired) electrons. The van der Waals surface area contributed by atoms with E-state index in [9.17, 15) is 46.0 Å². The summed E-state index contributed by atoms with van der Waals surface area (Å²) in [6.45, 7) is 109. The van der Waals surface area contributed by atoms with Crippen molar-refractivity contribution in [3.63, 3.8) is 0 Å². The van der Waals surface area contributed by atoms with Crippen LogP contribution < -0.4 is 0 Å². The van der Waals surface area contributed by atoms with Gasteiger partial charge in [-0.15, -0.1) is 0 Å². The second kappa shape index (κ2) is 66.8. The summed E-state index contributed by atoms with van der Waals surface area (Å²) >= 11 is 0. The molecule has 18 nitrogen and oxygen atoms in total. The Balaban J connectivity index is -0.0000000633. The van der Waals surface area contributed by atoms with Gasteiger partial charge < -0.3 is 78.4 Å². The van der Waals surface area contributed by atoms with Crippen molar-refractivity contribution in [1.82, 2.24) is 0 Å². The fraction of sp³-hybridized carbons (Fsp3) is 0.872. The normalized spacial score (nSPS) is 15.0. The molecule has 0 aliphatic carbocycles. The summed E-state index contributed by atoms with van der Waals surface area (Å²) < 4.78 is 0. The van der Waals surface area contributed by atoms with Gasteiger partial charge in [0, 0.05) is 220 Å². The van der Waals surface area contributed by atoms with E-state index in [1.54, 1.807) is 41.8 Å². The van der Waals surface area contributed by atoms with E-state index in [0.29, 0.717) is 51.3 Å². The number of nitrogens with zero attached hydrogens (tertiary/aromatic N) is 3. The first-order valence-corrected chi connectivity index (χ1v) is 80.7. The third kappa shape index (κ3) is 57.7. The summed E-state index contributed by atoms with van der Waals surface area (Å²) in [5.41, 5.74) is -5.80. The quantitative estimate of drug-likeness (QED) is 0.0168. The topological polar surface area (TPSA) is 362 Å². The maximum Gasteiger partial charge on any atom is 0.113 e. The first kappa shape index (κ1) is 170. The van der Waals surface area contributed by atoms with Crippen LogP contribution in [0.2, 0.25) is 215 Å². The Labute approximate surface area is 871 Å². The van der Waals surface area contributed by atoms with Crippen molar-refractivity contribution in [3.05, 3.63) is 12.7 Å². The summed E-state index contributed by atoms with van der Waals surface area (Å²) in [5, 5.41) is 144. The van der Waals surface area contributed by atoms with Gasteiger partial charge in [-0.25, -0.2) is 0 Å². The van der Waals surface area contributed by atoms with Gasteiger partial charge in [-0.05, 0) is 97.8 Å². The Kier molecular flexibility index (Phi) is 91.6. The van der Waals surface area contributed by atoms with Crippen LogP contribution in [0.1, 0.15) is 184 Å². The molecular formula is C86H201Co9N9O9Si11. The minimum absolute atomic E-state index is 0. The van der Waals surface area contributed by atoms with Gasteiger partial charge in [0.2, 0.25) is 0 Å². The van der Waals surface area contributed by atoms with Crippen molar-refractivity contribution < 1.29 is 197 Å². The molecule has 0 aromatic carbocycles. The van der Waals surface area contributed by atoms with E-state index in [-0.39, 0.29) is 169 Å². The Morgan fingerprint density at radius 3 is 0.613 bits per heavy atom. The Bertz CT molecular complexity index is 3040. The number of nitrogens with one attached hydrogen (secondary N) is 6. The second-order valence-electron chi connectivity index (χ2n) is 44.5. The monoisotopic (exact) mass is 2340 g/mol. The van der Waals surface area contributed by atoms with E-state index >= 15 is 0 Å². The zero-order chi connectivity index (χ0) is 96.1. The van der Waals surface area contributed by atoms with Gasteiger partial charge in [-0.3, -0.25) is 15.0 Å². The number of hydrogen-bond acceptors (Lipinski definition) is 18. The van der Waals surface area contributed by atoms with E-state index in [1.165, 1.54) is 6.08 Å². The SMILES string of the molecule is C=CC(C)(O)C(=N)[Si](C)(C)C.CC(C)(O)C(=N)[Si](C)(C)C.CC(O)(C(=N)[Si](C)(C)C)[Si](C)(C)C.CCC(C)(O)C(=N)[Si](C)(C)C.CCC(O)(C(=NC)[Si](C)(C)C)C(C)C.CCC(O)(CC)C(=N)[Si](C)(C)C.CCC(O)(CC)C(=NC)[Si](C)(C)C.CC[Si](CC)(CC)C(C)(O)C(=N)[Si](C)(C)C.CN=C(C(O)(C(C)C)C(C)C)[Si](C)(C)C.[Co].[Co].[Co].[Co].[Co].[Co].[Co].[Co].[Co]. The molecule has 0 aromatic heterocycles. The van der Waals surface area contributed by atoms with Crippen LogP contribution in [0.3, 0.4) is 0 Å². The average Bonchev–Trinajstić information content (AvgIpc) is 0.772. The van der Waals surface area contributed by atoms with Crippen LogP contribution in [0.25, 0.3) is 0 Å². The van der Waals surface area contributed by atoms with Crippen LogP contribution >= 0.6 is 0 Å². The molecule has 0 aliphatic rings. The molecule has 0 fully saturated rings. The van der Waals surface area contributed by atoms with Crippen molar-refractivity contribution >= 4 is 137 Å². The fourth-order valence-corrected chi connectivity index (χ4v) is 40.4. The number of aliphatic hydroxyl groups is 9. The predicted octanol–water partition coefficient (Wildman–Crippen LogP) is 22.3. The zero-order valence-corrected chi connectivity index (χ0v) is 110. The first-order valence-electron chi connectivity index (χ1n) is 43.1. The summed E-state index contributed by atoms with van der Waals surface area (Å²) in [6, 6.07) is 3.21. The van der Waals surface area contributed by atoms with Gasteiger partial charge in [0.25, 0.3) is 0 Å². The molecule has 769 valence electrons. The van der Waals surface area contributed by atoms with Gasteiger partial charge in [-0.2, -0.15) is 0 Å². The molecule has 0 saturated heterocycles. The Hall–Kier alpha value is 3.35. The van der Waals surface area contributed by atoms with Crippen LogP contribution in [0, 0.1) is 50.2 Å². The van der Waals surface area contributed by atoms with Crippen LogP contribution in [0.15, 0.2) is 27.6 Å². The largest absolute Gasteiger partial charge is 0.388 e. The van der Waals surface area contributed by atoms with E-state index < -0.39 is 138 Å². The molecule has 38 heteroatoms. The first-order chi connectivity index (χ1) is 49.9. The maximum atomic E-state index is 10.9. The zero-order valence-electron chi connectivity index (χ0n) is 89.2. The molecule has 0 heterocycles. The van der Waals surface area contributed by atoms with Gasteiger partial charge in [0.15, 0.2) is 0 Å². The minimum atomic E-state index is -1.75. The molecule has 0 aliphatic heterocycles. The molecule has 0 amide bonds. The van der Waals surface area contributed by atoms with Crippen molar-refractivity contribution in [1.29, 1.82) is 32.5 Å². The molecular weight excluding hydrogens is 2140 g/mol. The summed E-state index contributed by atoms with van der Waals surface area (Å²) in [4.78, 5) is 13.1. The van der Waals surface area contributed by atoms with E-state index in [2.05, 4.69) is 261 Å². The standard InChI is InChI=1S/C12H29NOSi2.C12H27NOSi.C11H25NOSi.C10H23NOSi.C9H23NOSi2.C9H21NOSi.C8H19NOSi.C8H17NOSi.C7H17NOSi.9Co/c1-8-16(9-2,10-3)12(4,14)11(13)15(5,6)7;1-9(2)12(14,10(3)4)11(13-5)15(6,7)8;1-8-11(13,9(2)3)10(12-4)14(5,6)7;1-7-10(12,8-2)9(11-3)13(4,5)6;1-9(11,13(5,6)7)8(10)12(2,3)4;1-6-9(11,7-2)8(10)12(3,4)5;2*1-6-8(2,10)7(9)11(3,4)5;1-7(2,9)6(8)10(3,4)5;;;;;;;;;/h13-14H,8-10H2,1-7H3;9-10,14H,1-8H3;9,13H,8H2,1-7H3;12H,7-8H2,1-6H3;10-11H,1-7H3;10-11H,6-7H2,1-5H3;9-10H,6H2,1-5H3;6,9-10H,1H2,2-5H3;8-9H,1-5H3;;;;;;;;;. The molecule has 0 rings (SSSR count). The fourth-order valence-electron chi connectivity index (χ4n) is 14.1. The van der Waals surface area contributed by atoms with Crippen LogP contribution in [0.4, 0.5) is 0 Å². The van der Waals surface area contributed by atoms with E-state index in [0.717, 1.165) is 53.4 Å². The summed E-state index contributed by atoms with van der Waals surface area (Å²) in [7, 11) is -12.3. The summed E-state index contributed by atoms with van der Waals surface area (Å²) in [5.74, 6) is 0.656. The van der Waals surface area contributed by atoms with Gasteiger partial charge in [-0.1, -0.05) is 331 Å². The van der Waals surface area contributed by atoms with Crippen molar-refractivity contribution in [2.45, 2.75) is 448 Å². The van der Waals surface area contributed by atoms with E-state index in [1.807, 2.05) is 82.1 Å². The number of hydrogen-bond donors (Lipinski definition) is 15. The Morgan fingerprint density at radius 1 is 0.298 bits per heavy atom. The number of aliphatic imine (C=N–C) groups is 3. The third-order valence-electron chi connectivity index (χ3n) is 22.8. The smallest absolute Gasteiger partial charge is 0.113 e. The molecule has 0 aromatic rings. The predicted molar refractivity (Wildman–Crippen MR) is 552 cm³/mol. The van der Waals surface area contributed by atoms with E-state index in [4.69, 9.17) is 32.5 Å². The molecule has 5 unspecified atom stereocenters. The molecule has 124 heavy (non-hydrogen) atoms. The van der Waals surface area contributed by atoms with Gasteiger partial charge in [0.05, 0.1) is 122 Å². The van der Waals surface area contributed by atoms with Crippen molar-refractivity contribution in [3.8, 4) is 0 Å². The molecule has 0 saturated carbocycles. The summed E-state index contributed by atoms with van der Waals surface area (Å²) in [6.07, 6.45) is 5.66. The minimum Gasteiger partial charge on any atom is -0.388 e. The molecule has 5 atom stereocenters. The average molecular weight is 2340 g/mol.